The van der Waals surface area contributed by atoms with Crippen molar-refractivity contribution in [3.63, 3.8) is 0 Å². The zero-order chi connectivity index (χ0) is 18.1. The molecule has 3 rings (SSSR count). The van der Waals surface area contributed by atoms with Crippen molar-refractivity contribution in [1.29, 1.82) is 5.26 Å². The highest BCUT2D eigenvalue weighted by Crippen LogP contribution is 2.39. The molecule has 1 amide bonds. The fourth-order valence-corrected chi connectivity index (χ4v) is 4.47. The minimum Gasteiger partial charge on any atom is -0.338 e. The molecule has 2 aromatic rings. The van der Waals surface area contributed by atoms with Crippen LogP contribution >= 0.6 is 11.3 Å². The molecule has 1 saturated heterocycles. The Bertz CT molecular complexity index is 831. The van der Waals surface area contributed by atoms with Crippen molar-refractivity contribution in [2.24, 2.45) is 13.0 Å². The molecule has 132 valence electrons. The summed E-state index contributed by atoms with van der Waals surface area (Å²) < 4.78 is 1.89. The highest BCUT2D eigenvalue weighted by Gasteiger charge is 2.40. The number of nitrogens with zero attached hydrogens (tertiary/aromatic N) is 4. The summed E-state index contributed by atoms with van der Waals surface area (Å²) in [6.07, 6.45) is 0.551. The average Bonchev–Trinajstić information content (AvgIpc) is 3.21. The van der Waals surface area contributed by atoms with Gasteiger partial charge >= 0.3 is 0 Å². The zero-order valence-electron chi connectivity index (χ0n) is 15.0. The van der Waals surface area contributed by atoms with E-state index in [9.17, 15) is 4.79 Å². The average molecular weight is 357 g/mol. The van der Waals surface area contributed by atoms with Gasteiger partial charge in [0.2, 0.25) is 5.91 Å². The number of nitrogens with one attached hydrogen (secondary N) is 1. The Morgan fingerprint density at radius 2 is 2.20 bits per heavy atom. The molecule has 6 nitrogen and oxygen atoms in total. The first-order chi connectivity index (χ1) is 11.9. The van der Waals surface area contributed by atoms with Crippen molar-refractivity contribution < 1.29 is 4.79 Å². The van der Waals surface area contributed by atoms with Crippen LogP contribution < -0.4 is 5.32 Å². The second-order valence-corrected chi connectivity index (χ2v) is 7.66. The lowest BCUT2D eigenvalue weighted by Crippen LogP contribution is -2.29. The number of carbonyl (C=O) groups is 1. The quantitative estimate of drug-likeness (QED) is 0.891. The van der Waals surface area contributed by atoms with Crippen molar-refractivity contribution in [3.05, 3.63) is 38.8 Å². The summed E-state index contributed by atoms with van der Waals surface area (Å²) >= 11 is 1.59. The Kier molecular flexibility index (Phi) is 4.93. The number of carbonyl (C=O) groups excluding carboxylic acids is 1. The van der Waals surface area contributed by atoms with Crippen LogP contribution in [0.2, 0.25) is 0 Å². The molecule has 3 heterocycles. The van der Waals surface area contributed by atoms with Gasteiger partial charge in [0.05, 0.1) is 17.3 Å². The van der Waals surface area contributed by atoms with E-state index in [-0.39, 0.29) is 17.9 Å². The van der Waals surface area contributed by atoms with Crippen molar-refractivity contribution in [2.45, 2.75) is 32.9 Å². The maximum atomic E-state index is 12.3. The van der Waals surface area contributed by atoms with E-state index in [1.54, 1.807) is 11.3 Å². The fourth-order valence-electron chi connectivity index (χ4n) is 3.70. The topological polar surface area (TPSA) is 74.0 Å². The van der Waals surface area contributed by atoms with E-state index in [0.717, 1.165) is 29.4 Å². The van der Waals surface area contributed by atoms with E-state index in [0.29, 0.717) is 12.0 Å². The predicted molar refractivity (Wildman–Crippen MR) is 97.0 cm³/mol. The summed E-state index contributed by atoms with van der Waals surface area (Å²) in [6.45, 7) is 5.55. The molecule has 0 bridgehead atoms. The molecule has 0 radical (unpaired) electrons. The normalized spacial score (nSPS) is 20.3. The van der Waals surface area contributed by atoms with Gasteiger partial charge in [0.15, 0.2) is 0 Å². The van der Waals surface area contributed by atoms with Crippen LogP contribution in [0.1, 0.15) is 39.9 Å². The van der Waals surface area contributed by atoms with Gasteiger partial charge < -0.3 is 10.2 Å². The SMILES string of the molecule is Cc1nn(C)c(C)c1[C@H]1[C@H](CNCc2cc(C#N)cs2)CC(=O)N1C. The maximum Gasteiger partial charge on any atom is 0.223 e. The number of aromatic nitrogens is 2. The van der Waals surface area contributed by atoms with Gasteiger partial charge in [0.1, 0.15) is 6.07 Å². The first-order valence-corrected chi connectivity index (χ1v) is 9.24. The number of aryl methyl sites for hydroxylation is 2. The van der Waals surface area contributed by atoms with E-state index in [4.69, 9.17) is 5.26 Å². The lowest BCUT2D eigenvalue weighted by molar-refractivity contribution is -0.127. The summed E-state index contributed by atoms with van der Waals surface area (Å²) in [5, 5.41) is 18.8. The lowest BCUT2D eigenvalue weighted by atomic mass is 9.92. The van der Waals surface area contributed by atoms with Crippen LogP contribution in [-0.2, 0) is 18.4 Å². The van der Waals surface area contributed by atoms with Gasteiger partial charge in [-0.3, -0.25) is 9.48 Å². The van der Waals surface area contributed by atoms with E-state index in [1.807, 2.05) is 42.0 Å². The number of hydrogen-bond acceptors (Lipinski definition) is 5. The van der Waals surface area contributed by atoms with Gasteiger partial charge in [-0.2, -0.15) is 10.4 Å². The van der Waals surface area contributed by atoms with Crippen LogP contribution in [0.15, 0.2) is 11.4 Å². The molecule has 0 spiro atoms. The Labute approximate surface area is 152 Å². The standard InChI is InChI=1S/C18H23N5OS/c1-11-17(12(2)23(4)21-11)18-14(6-16(24)22(18)3)8-20-9-15-5-13(7-19)10-25-15/h5,10,14,18,20H,6,8-9H2,1-4H3/t14-,18+/m0/s1. The summed E-state index contributed by atoms with van der Waals surface area (Å²) in [5.74, 6) is 0.400. The second kappa shape index (κ2) is 6.98. The van der Waals surface area contributed by atoms with E-state index < -0.39 is 0 Å². The third kappa shape index (κ3) is 3.32. The number of thiophene rings is 1. The van der Waals surface area contributed by atoms with Crippen LogP contribution in [-0.4, -0.2) is 34.2 Å². The van der Waals surface area contributed by atoms with Gasteiger partial charge in [-0.15, -0.1) is 11.3 Å². The summed E-state index contributed by atoms with van der Waals surface area (Å²) in [7, 11) is 3.83. The molecule has 1 N–H and O–H groups in total. The number of amides is 1. The molecule has 0 aliphatic carbocycles. The van der Waals surface area contributed by atoms with Crippen molar-refractivity contribution in [3.8, 4) is 6.07 Å². The Morgan fingerprint density at radius 1 is 1.44 bits per heavy atom. The Balaban J connectivity index is 1.73. The van der Waals surface area contributed by atoms with Crippen LogP contribution in [0.4, 0.5) is 0 Å². The van der Waals surface area contributed by atoms with Crippen LogP contribution in [0, 0.1) is 31.1 Å². The van der Waals surface area contributed by atoms with Crippen LogP contribution in [0.25, 0.3) is 0 Å². The molecular weight excluding hydrogens is 334 g/mol. The van der Waals surface area contributed by atoms with Gasteiger partial charge in [0.25, 0.3) is 0 Å². The Morgan fingerprint density at radius 3 is 2.80 bits per heavy atom. The predicted octanol–water partition coefficient (Wildman–Crippen LogP) is 2.28. The third-order valence-corrected chi connectivity index (χ3v) is 5.98. The molecule has 2 aromatic heterocycles. The summed E-state index contributed by atoms with van der Waals surface area (Å²) in [5.41, 5.74) is 3.99. The zero-order valence-corrected chi connectivity index (χ0v) is 15.9. The maximum absolute atomic E-state index is 12.3. The highest BCUT2D eigenvalue weighted by molar-refractivity contribution is 7.10. The molecule has 1 fully saturated rings. The molecule has 7 heteroatoms. The number of likely N-dealkylation sites (tertiary alicyclic amines) is 1. The number of nitriles is 1. The molecule has 0 unspecified atom stereocenters. The molecule has 1 aliphatic rings. The molecular formula is C18H23N5OS. The lowest BCUT2D eigenvalue weighted by Gasteiger charge is -2.26. The molecule has 0 aromatic carbocycles. The Hall–Kier alpha value is -2.17. The first-order valence-electron chi connectivity index (χ1n) is 8.36. The fraction of sp³-hybridized carbons (Fsp3) is 0.500. The molecule has 25 heavy (non-hydrogen) atoms. The molecule has 0 saturated carbocycles. The van der Waals surface area contributed by atoms with Gasteiger partial charge in [0, 0.05) is 61.0 Å². The first kappa shape index (κ1) is 17.6. The van der Waals surface area contributed by atoms with Crippen LogP contribution in [0.5, 0.6) is 0 Å². The van der Waals surface area contributed by atoms with Gasteiger partial charge in [-0.25, -0.2) is 0 Å². The molecule has 2 atom stereocenters. The van der Waals surface area contributed by atoms with Crippen LogP contribution in [0.3, 0.4) is 0 Å². The summed E-state index contributed by atoms with van der Waals surface area (Å²) in [4.78, 5) is 15.3. The number of hydrogen-bond donors (Lipinski definition) is 1. The van der Waals surface area contributed by atoms with E-state index in [1.165, 1.54) is 5.56 Å². The van der Waals surface area contributed by atoms with E-state index >= 15 is 0 Å². The van der Waals surface area contributed by atoms with Crippen molar-refractivity contribution in [1.82, 2.24) is 20.0 Å². The van der Waals surface area contributed by atoms with Gasteiger partial charge in [-0.1, -0.05) is 0 Å². The highest BCUT2D eigenvalue weighted by atomic mass is 32.1. The minimum absolute atomic E-state index is 0.0618. The molecule has 1 aliphatic heterocycles. The largest absolute Gasteiger partial charge is 0.338 e. The minimum atomic E-state index is 0.0618. The van der Waals surface area contributed by atoms with Gasteiger partial charge in [-0.05, 0) is 19.9 Å². The second-order valence-electron chi connectivity index (χ2n) is 6.67. The van der Waals surface area contributed by atoms with Crippen molar-refractivity contribution in [2.75, 3.05) is 13.6 Å². The number of rotatable bonds is 5. The smallest absolute Gasteiger partial charge is 0.223 e. The monoisotopic (exact) mass is 357 g/mol. The van der Waals surface area contributed by atoms with Crippen molar-refractivity contribution >= 4 is 17.2 Å². The van der Waals surface area contributed by atoms with E-state index in [2.05, 4.69) is 23.4 Å². The third-order valence-electron chi connectivity index (χ3n) is 5.04. The summed E-state index contributed by atoms with van der Waals surface area (Å²) in [6, 6.07) is 4.13.